The Hall–Kier alpha value is -2.91. The number of benzene rings is 1. The predicted octanol–water partition coefficient (Wildman–Crippen LogP) is 1.69. The van der Waals surface area contributed by atoms with Gasteiger partial charge in [0.2, 0.25) is 0 Å². The van der Waals surface area contributed by atoms with Crippen molar-refractivity contribution in [1.82, 2.24) is 19.6 Å². The van der Waals surface area contributed by atoms with Gasteiger partial charge in [0, 0.05) is 56.6 Å². The third kappa shape index (κ3) is 4.47. The summed E-state index contributed by atoms with van der Waals surface area (Å²) in [6.07, 6.45) is 4.84. The first-order valence-electron chi connectivity index (χ1n) is 11.7. The largest absolute Gasteiger partial charge is 0.378 e. The van der Waals surface area contributed by atoms with Crippen LogP contribution in [0.2, 0.25) is 0 Å². The summed E-state index contributed by atoms with van der Waals surface area (Å²) >= 11 is 0. The van der Waals surface area contributed by atoms with Crippen LogP contribution in [0.5, 0.6) is 0 Å². The molecule has 1 aromatic carbocycles. The molecule has 0 radical (unpaired) electrons. The third-order valence-electron chi connectivity index (χ3n) is 7.32. The van der Waals surface area contributed by atoms with Crippen molar-refractivity contribution in [3.8, 4) is 0 Å². The Bertz CT molecular complexity index is 1050. The number of amides is 2. The average Bonchev–Trinajstić information content (AvgIpc) is 3.56. The van der Waals surface area contributed by atoms with Crippen LogP contribution in [0.3, 0.4) is 0 Å². The molecule has 1 spiro atoms. The molecule has 3 aliphatic rings. The second-order valence-electron chi connectivity index (χ2n) is 9.67. The van der Waals surface area contributed by atoms with E-state index in [0.717, 1.165) is 65.3 Å². The van der Waals surface area contributed by atoms with Gasteiger partial charge in [-0.1, -0.05) is 12.1 Å². The quantitative estimate of drug-likeness (QED) is 0.758. The van der Waals surface area contributed by atoms with Crippen LogP contribution in [0.15, 0.2) is 30.6 Å². The minimum atomic E-state index is -0.578. The zero-order valence-corrected chi connectivity index (χ0v) is 19.2. The molecule has 3 fully saturated rings. The lowest BCUT2D eigenvalue weighted by Crippen LogP contribution is -2.37. The number of morpholine rings is 1. The fourth-order valence-electron chi connectivity index (χ4n) is 5.45. The molecule has 176 valence electrons. The standard InChI is InChI=1S/C24H32N6O3/c1-18-2-3-19(12-21(18)28-8-10-33-11-9-28)14-27-6-4-24(16-27)5-7-29(17-24)23(32)30-15-20(13-26-30)22(25)31/h2-3,12-13,15H,4-11,14,16-17H2,1H3,(H2,25,31). The molecule has 1 unspecified atom stereocenters. The van der Waals surface area contributed by atoms with Gasteiger partial charge in [0.15, 0.2) is 0 Å². The second kappa shape index (κ2) is 8.79. The van der Waals surface area contributed by atoms with Gasteiger partial charge in [-0.15, -0.1) is 0 Å². The van der Waals surface area contributed by atoms with Crippen LogP contribution < -0.4 is 10.6 Å². The number of carbonyl (C=O) groups is 2. The number of nitrogens with two attached hydrogens (primary N) is 1. The lowest BCUT2D eigenvalue weighted by atomic mass is 9.86. The highest BCUT2D eigenvalue weighted by Crippen LogP contribution is 2.40. The lowest BCUT2D eigenvalue weighted by Gasteiger charge is -2.31. The average molecular weight is 453 g/mol. The third-order valence-corrected chi connectivity index (χ3v) is 7.32. The Balaban J connectivity index is 1.21. The molecule has 0 aliphatic carbocycles. The summed E-state index contributed by atoms with van der Waals surface area (Å²) in [6, 6.07) is 6.62. The van der Waals surface area contributed by atoms with Crippen LogP contribution in [0, 0.1) is 12.3 Å². The van der Waals surface area contributed by atoms with Gasteiger partial charge in [-0.25, -0.2) is 4.79 Å². The van der Waals surface area contributed by atoms with Gasteiger partial charge in [-0.3, -0.25) is 9.69 Å². The zero-order chi connectivity index (χ0) is 23.0. The molecule has 1 atom stereocenters. The summed E-state index contributed by atoms with van der Waals surface area (Å²) in [6.45, 7) is 10.0. The van der Waals surface area contributed by atoms with Crippen LogP contribution in [-0.4, -0.2) is 84.0 Å². The molecule has 4 heterocycles. The SMILES string of the molecule is Cc1ccc(CN2CCC3(CCN(C(=O)n4cc(C(N)=O)cn4)C3)C2)cc1N1CCOCC1. The molecule has 9 heteroatoms. The van der Waals surface area contributed by atoms with Gasteiger partial charge < -0.3 is 20.3 Å². The monoisotopic (exact) mass is 452 g/mol. The molecule has 33 heavy (non-hydrogen) atoms. The summed E-state index contributed by atoms with van der Waals surface area (Å²) in [4.78, 5) is 31.0. The van der Waals surface area contributed by atoms with Crippen LogP contribution in [0.1, 0.15) is 34.3 Å². The van der Waals surface area contributed by atoms with E-state index in [9.17, 15) is 9.59 Å². The normalized spacial score (nSPS) is 23.5. The number of primary amides is 1. The minimum absolute atomic E-state index is 0.132. The Kier molecular flexibility index (Phi) is 5.84. The summed E-state index contributed by atoms with van der Waals surface area (Å²) in [5.41, 5.74) is 9.62. The van der Waals surface area contributed by atoms with E-state index in [4.69, 9.17) is 10.5 Å². The first kappa shape index (κ1) is 21.9. The van der Waals surface area contributed by atoms with Crippen molar-refractivity contribution in [1.29, 1.82) is 0 Å². The first-order valence-corrected chi connectivity index (χ1v) is 11.7. The molecular formula is C24H32N6O3. The highest BCUT2D eigenvalue weighted by Gasteiger charge is 2.45. The van der Waals surface area contributed by atoms with Gasteiger partial charge in [0.25, 0.3) is 5.91 Å². The van der Waals surface area contributed by atoms with Crippen molar-refractivity contribution >= 4 is 17.6 Å². The van der Waals surface area contributed by atoms with Crippen molar-refractivity contribution in [2.75, 3.05) is 57.4 Å². The van der Waals surface area contributed by atoms with E-state index in [0.29, 0.717) is 6.54 Å². The van der Waals surface area contributed by atoms with Crippen LogP contribution in [0.4, 0.5) is 10.5 Å². The van der Waals surface area contributed by atoms with Gasteiger partial charge in [-0.2, -0.15) is 9.78 Å². The Morgan fingerprint density at radius 1 is 1.12 bits per heavy atom. The molecular weight excluding hydrogens is 420 g/mol. The molecule has 2 aromatic rings. The van der Waals surface area contributed by atoms with E-state index in [2.05, 4.69) is 40.0 Å². The number of likely N-dealkylation sites (tertiary alicyclic amines) is 2. The van der Waals surface area contributed by atoms with Crippen molar-refractivity contribution in [2.24, 2.45) is 11.1 Å². The number of carbonyl (C=O) groups excluding carboxylic acids is 2. The number of nitrogens with zero attached hydrogens (tertiary/aromatic N) is 5. The van der Waals surface area contributed by atoms with Crippen LogP contribution in [-0.2, 0) is 11.3 Å². The molecule has 2 N–H and O–H groups in total. The lowest BCUT2D eigenvalue weighted by molar-refractivity contribution is 0.1000. The molecule has 0 bridgehead atoms. The Morgan fingerprint density at radius 3 is 2.67 bits per heavy atom. The van der Waals surface area contributed by atoms with Crippen molar-refractivity contribution in [2.45, 2.75) is 26.3 Å². The maximum absolute atomic E-state index is 12.9. The molecule has 1 aromatic heterocycles. The van der Waals surface area contributed by atoms with Crippen molar-refractivity contribution < 1.29 is 14.3 Å². The number of anilines is 1. The maximum atomic E-state index is 12.9. The number of hydrogen-bond donors (Lipinski definition) is 1. The topological polar surface area (TPSA) is 96.9 Å². The van der Waals surface area contributed by atoms with E-state index >= 15 is 0 Å². The van der Waals surface area contributed by atoms with Gasteiger partial charge >= 0.3 is 6.03 Å². The summed E-state index contributed by atoms with van der Waals surface area (Å²) in [5.74, 6) is -0.578. The molecule has 2 amide bonds. The van der Waals surface area contributed by atoms with Crippen LogP contribution >= 0.6 is 0 Å². The van der Waals surface area contributed by atoms with E-state index in [1.165, 1.54) is 33.9 Å². The second-order valence-corrected chi connectivity index (χ2v) is 9.67. The van der Waals surface area contributed by atoms with E-state index in [1.54, 1.807) is 0 Å². The van der Waals surface area contributed by atoms with Gasteiger partial charge in [0.1, 0.15) is 0 Å². The summed E-state index contributed by atoms with van der Waals surface area (Å²) in [5, 5.41) is 4.02. The van der Waals surface area contributed by atoms with Crippen LogP contribution in [0.25, 0.3) is 0 Å². The summed E-state index contributed by atoms with van der Waals surface area (Å²) < 4.78 is 6.74. The zero-order valence-electron chi connectivity index (χ0n) is 19.2. The van der Waals surface area contributed by atoms with Crippen molar-refractivity contribution in [3.63, 3.8) is 0 Å². The highest BCUT2D eigenvalue weighted by molar-refractivity contribution is 5.93. The molecule has 9 nitrogen and oxygen atoms in total. The fraction of sp³-hybridized carbons (Fsp3) is 0.542. The molecule has 0 saturated carbocycles. The smallest absolute Gasteiger partial charge is 0.344 e. The number of aryl methyl sites for hydroxylation is 1. The minimum Gasteiger partial charge on any atom is -0.378 e. The number of hydrogen-bond acceptors (Lipinski definition) is 6. The maximum Gasteiger partial charge on any atom is 0.344 e. The molecule has 5 rings (SSSR count). The van der Waals surface area contributed by atoms with Crippen molar-refractivity contribution in [3.05, 3.63) is 47.3 Å². The Morgan fingerprint density at radius 2 is 1.91 bits per heavy atom. The predicted molar refractivity (Wildman–Crippen MR) is 124 cm³/mol. The van der Waals surface area contributed by atoms with Gasteiger partial charge in [-0.05, 0) is 43.5 Å². The van der Waals surface area contributed by atoms with E-state index in [-0.39, 0.29) is 17.0 Å². The van der Waals surface area contributed by atoms with Gasteiger partial charge in [0.05, 0.1) is 25.0 Å². The number of rotatable bonds is 4. The van der Waals surface area contributed by atoms with E-state index < -0.39 is 5.91 Å². The Labute approximate surface area is 194 Å². The first-order chi connectivity index (χ1) is 15.9. The number of aromatic nitrogens is 2. The fourth-order valence-corrected chi connectivity index (χ4v) is 5.45. The number of ether oxygens (including phenoxy) is 1. The molecule has 3 saturated heterocycles. The highest BCUT2D eigenvalue weighted by atomic mass is 16.5. The van der Waals surface area contributed by atoms with E-state index in [1.807, 2.05) is 4.90 Å². The molecule has 3 aliphatic heterocycles. The summed E-state index contributed by atoms with van der Waals surface area (Å²) in [7, 11) is 0.